The van der Waals surface area contributed by atoms with E-state index < -0.39 is 15.9 Å². The molecule has 0 aliphatic carbocycles. The molecule has 0 unspecified atom stereocenters. The van der Waals surface area contributed by atoms with Crippen LogP contribution in [0.15, 0.2) is 21.5 Å². The first-order chi connectivity index (χ1) is 6.87. The van der Waals surface area contributed by atoms with Gasteiger partial charge in [-0.05, 0) is 24.6 Å². The van der Waals surface area contributed by atoms with E-state index in [-0.39, 0.29) is 10.5 Å². The van der Waals surface area contributed by atoms with Gasteiger partial charge in [-0.1, -0.05) is 15.9 Å². The lowest BCUT2D eigenvalue weighted by Gasteiger charge is -2.05. The number of halogens is 1. The minimum Gasteiger partial charge on any atom is -0.268 e. The van der Waals surface area contributed by atoms with Gasteiger partial charge in [-0.15, -0.1) is 0 Å². The molecule has 1 aliphatic heterocycles. The van der Waals surface area contributed by atoms with E-state index in [1.54, 1.807) is 13.0 Å². The molecule has 2 rings (SSSR count). The lowest BCUT2D eigenvalue weighted by molar-refractivity contribution is 0.0891. The number of fused-ring (bicyclic) bond motifs is 1. The molecule has 0 N–H and O–H groups in total. The maximum absolute atomic E-state index is 11.7. The van der Waals surface area contributed by atoms with Crippen molar-refractivity contribution in [2.75, 3.05) is 7.05 Å². The number of nitrogens with zero attached hydrogens (tertiary/aromatic N) is 1. The van der Waals surface area contributed by atoms with Crippen molar-refractivity contribution in [1.29, 1.82) is 0 Å². The van der Waals surface area contributed by atoms with Crippen LogP contribution in [-0.2, 0) is 10.0 Å². The molecule has 0 fully saturated rings. The first-order valence-corrected chi connectivity index (χ1v) is 6.43. The number of benzene rings is 1. The van der Waals surface area contributed by atoms with Crippen LogP contribution >= 0.6 is 15.9 Å². The van der Waals surface area contributed by atoms with Crippen LogP contribution in [0.4, 0.5) is 0 Å². The van der Waals surface area contributed by atoms with Crippen LogP contribution in [-0.4, -0.2) is 25.7 Å². The maximum Gasteiger partial charge on any atom is 0.269 e. The van der Waals surface area contributed by atoms with Gasteiger partial charge in [0.1, 0.15) is 4.90 Å². The summed E-state index contributed by atoms with van der Waals surface area (Å²) in [6.07, 6.45) is 0. The summed E-state index contributed by atoms with van der Waals surface area (Å²) in [7, 11) is -2.34. The molecule has 0 saturated carbocycles. The Morgan fingerprint density at radius 2 is 1.93 bits per heavy atom. The highest BCUT2D eigenvalue weighted by molar-refractivity contribution is 9.10. The molecule has 80 valence electrons. The van der Waals surface area contributed by atoms with Crippen LogP contribution in [0, 0.1) is 6.92 Å². The molecule has 1 aliphatic rings. The molecule has 0 radical (unpaired) electrons. The predicted molar refractivity (Wildman–Crippen MR) is 58.2 cm³/mol. The predicted octanol–water partition coefficient (Wildman–Crippen LogP) is 1.53. The minimum absolute atomic E-state index is 0.0932. The van der Waals surface area contributed by atoms with E-state index in [2.05, 4.69) is 15.9 Å². The van der Waals surface area contributed by atoms with E-state index in [0.717, 1.165) is 8.78 Å². The molecule has 0 saturated heterocycles. The van der Waals surface area contributed by atoms with Crippen LogP contribution in [0.3, 0.4) is 0 Å². The number of sulfonamides is 1. The molecule has 1 amide bonds. The Morgan fingerprint density at radius 1 is 1.33 bits per heavy atom. The normalized spacial score (nSPS) is 18.1. The standard InChI is InChI=1S/C9H8BrNO3S/c1-5-6(10)3-4-7-8(5)9(12)11(2)15(7,13)14/h3-4H,1-2H3. The van der Waals surface area contributed by atoms with Crippen molar-refractivity contribution in [2.45, 2.75) is 11.8 Å². The molecule has 0 spiro atoms. The Hall–Kier alpha value is -0.880. The van der Waals surface area contributed by atoms with Crippen molar-refractivity contribution in [2.24, 2.45) is 0 Å². The molecule has 1 aromatic rings. The Kier molecular flexibility index (Phi) is 2.16. The Balaban J connectivity index is 2.90. The Morgan fingerprint density at radius 3 is 2.53 bits per heavy atom. The smallest absolute Gasteiger partial charge is 0.268 e. The van der Waals surface area contributed by atoms with Crippen molar-refractivity contribution in [3.8, 4) is 0 Å². The fourth-order valence-electron chi connectivity index (χ4n) is 1.56. The van der Waals surface area contributed by atoms with Gasteiger partial charge in [0.05, 0.1) is 5.56 Å². The summed E-state index contributed by atoms with van der Waals surface area (Å²) in [6.45, 7) is 1.72. The first-order valence-electron chi connectivity index (χ1n) is 4.19. The summed E-state index contributed by atoms with van der Waals surface area (Å²) < 4.78 is 25.0. The quantitative estimate of drug-likeness (QED) is 0.728. The fraction of sp³-hybridized carbons (Fsp3) is 0.222. The number of amides is 1. The number of hydrogen-bond donors (Lipinski definition) is 0. The third-order valence-electron chi connectivity index (χ3n) is 2.50. The number of hydrogen-bond acceptors (Lipinski definition) is 3. The van der Waals surface area contributed by atoms with Gasteiger partial charge in [-0.2, -0.15) is 0 Å². The van der Waals surface area contributed by atoms with Crippen LogP contribution in [0.5, 0.6) is 0 Å². The van der Waals surface area contributed by atoms with E-state index in [0.29, 0.717) is 5.56 Å². The minimum atomic E-state index is -3.61. The number of rotatable bonds is 0. The van der Waals surface area contributed by atoms with Crippen LogP contribution in [0.1, 0.15) is 15.9 Å². The highest BCUT2D eigenvalue weighted by Crippen LogP contribution is 2.34. The SMILES string of the molecule is Cc1c(Br)ccc2c1C(=O)N(C)S2(=O)=O. The van der Waals surface area contributed by atoms with E-state index in [1.165, 1.54) is 13.1 Å². The van der Waals surface area contributed by atoms with Gasteiger partial charge in [0.25, 0.3) is 15.9 Å². The van der Waals surface area contributed by atoms with E-state index in [4.69, 9.17) is 0 Å². The van der Waals surface area contributed by atoms with Gasteiger partial charge in [-0.3, -0.25) is 4.79 Å². The highest BCUT2D eigenvalue weighted by Gasteiger charge is 2.39. The lowest BCUT2D eigenvalue weighted by Crippen LogP contribution is -2.25. The molecule has 15 heavy (non-hydrogen) atoms. The van der Waals surface area contributed by atoms with Gasteiger partial charge >= 0.3 is 0 Å². The molecule has 0 bridgehead atoms. The van der Waals surface area contributed by atoms with E-state index in [9.17, 15) is 13.2 Å². The topological polar surface area (TPSA) is 54.5 Å². The molecule has 1 heterocycles. The largest absolute Gasteiger partial charge is 0.269 e. The second-order valence-electron chi connectivity index (χ2n) is 3.32. The molecule has 6 heteroatoms. The molecular formula is C9H8BrNO3S. The summed E-state index contributed by atoms with van der Waals surface area (Å²) in [5, 5.41) is 0. The summed E-state index contributed by atoms with van der Waals surface area (Å²) in [5.74, 6) is -0.469. The molecule has 1 aromatic carbocycles. The zero-order valence-corrected chi connectivity index (χ0v) is 10.5. The first kappa shape index (κ1) is 10.6. The Bertz CT molecular complexity index is 565. The summed E-state index contributed by atoms with van der Waals surface area (Å²) in [4.78, 5) is 11.8. The zero-order chi connectivity index (χ0) is 11.4. The van der Waals surface area contributed by atoms with Gasteiger partial charge in [0, 0.05) is 11.5 Å². The maximum atomic E-state index is 11.7. The zero-order valence-electron chi connectivity index (χ0n) is 8.11. The monoisotopic (exact) mass is 289 g/mol. The second kappa shape index (κ2) is 3.05. The number of carbonyl (C=O) groups is 1. The highest BCUT2D eigenvalue weighted by atomic mass is 79.9. The van der Waals surface area contributed by atoms with Crippen molar-refractivity contribution in [3.05, 3.63) is 27.7 Å². The van der Waals surface area contributed by atoms with E-state index in [1.807, 2.05) is 0 Å². The second-order valence-corrected chi connectivity index (χ2v) is 6.12. The fourth-order valence-corrected chi connectivity index (χ4v) is 3.23. The number of carbonyl (C=O) groups excluding carboxylic acids is 1. The van der Waals surface area contributed by atoms with Crippen molar-refractivity contribution >= 4 is 31.9 Å². The molecule has 4 nitrogen and oxygen atoms in total. The summed E-state index contributed by atoms with van der Waals surface area (Å²) in [5.41, 5.74) is 0.928. The lowest BCUT2D eigenvalue weighted by atomic mass is 10.1. The molecule has 0 aromatic heterocycles. The van der Waals surface area contributed by atoms with Crippen LogP contribution in [0.25, 0.3) is 0 Å². The van der Waals surface area contributed by atoms with Crippen molar-refractivity contribution < 1.29 is 13.2 Å². The van der Waals surface area contributed by atoms with Gasteiger partial charge < -0.3 is 0 Å². The van der Waals surface area contributed by atoms with E-state index >= 15 is 0 Å². The van der Waals surface area contributed by atoms with Crippen LogP contribution < -0.4 is 0 Å². The summed E-state index contributed by atoms with van der Waals surface area (Å²) in [6, 6.07) is 3.08. The van der Waals surface area contributed by atoms with Crippen LogP contribution in [0.2, 0.25) is 0 Å². The summed E-state index contributed by atoms with van der Waals surface area (Å²) >= 11 is 3.27. The van der Waals surface area contributed by atoms with Gasteiger partial charge in [-0.25, -0.2) is 12.7 Å². The van der Waals surface area contributed by atoms with Crippen molar-refractivity contribution in [3.63, 3.8) is 0 Å². The van der Waals surface area contributed by atoms with Gasteiger partial charge in [0.2, 0.25) is 0 Å². The third kappa shape index (κ3) is 1.24. The molecule has 0 atom stereocenters. The average molecular weight is 290 g/mol. The van der Waals surface area contributed by atoms with Gasteiger partial charge in [0.15, 0.2) is 0 Å². The Labute approximate surface area is 96.1 Å². The molecular weight excluding hydrogens is 282 g/mol. The third-order valence-corrected chi connectivity index (χ3v) is 5.14. The average Bonchev–Trinajstić information content (AvgIpc) is 2.34. The van der Waals surface area contributed by atoms with Crippen molar-refractivity contribution in [1.82, 2.24) is 4.31 Å².